The van der Waals surface area contributed by atoms with Crippen LogP contribution >= 0.6 is 0 Å². The summed E-state index contributed by atoms with van der Waals surface area (Å²) in [6, 6.07) is 4.09. The third kappa shape index (κ3) is 4.63. The van der Waals surface area contributed by atoms with E-state index in [9.17, 15) is 4.79 Å². The highest BCUT2D eigenvalue weighted by atomic mass is 16.1. The molecule has 7 heteroatoms. The lowest BCUT2D eigenvalue weighted by Crippen LogP contribution is -2.39. The van der Waals surface area contributed by atoms with E-state index in [0.717, 1.165) is 36.6 Å². The molecule has 25 heavy (non-hydrogen) atoms. The first-order valence-corrected chi connectivity index (χ1v) is 8.91. The Kier molecular flexibility index (Phi) is 5.43. The van der Waals surface area contributed by atoms with E-state index < -0.39 is 0 Å². The maximum Gasteiger partial charge on any atom is 0.226 e. The number of carbonyl (C=O) groups is 1. The molecule has 1 amide bonds. The molecule has 0 saturated carbocycles. The van der Waals surface area contributed by atoms with Gasteiger partial charge in [-0.15, -0.1) is 0 Å². The molecule has 1 aliphatic rings. The van der Waals surface area contributed by atoms with Crippen molar-refractivity contribution in [2.24, 2.45) is 0 Å². The molecule has 2 aromatic rings. The van der Waals surface area contributed by atoms with Crippen LogP contribution in [0.1, 0.15) is 49.8 Å². The van der Waals surface area contributed by atoms with Crippen molar-refractivity contribution in [2.75, 3.05) is 11.9 Å². The number of nitrogens with zero attached hydrogens (tertiary/aromatic N) is 4. The van der Waals surface area contributed by atoms with Crippen molar-refractivity contribution in [1.29, 1.82) is 0 Å². The number of nitrogens with one attached hydrogen (secondary N) is 2. The van der Waals surface area contributed by atoms with Crippen molar-refractivity contribution < 1.29 is 4.79 Å². The van der Waals surface area contributed by atoms with Gasteiger partial charge in [0, 0.05) is 37.5 Å². The van der Waals surface area contributed by atoms with Gasteiger partial charge in [0.05, 0.1) is 6.54 Å². The second kappa shape index (κ2) is 7.74. The number of fused-ring (bicyclic) bond motifs is 1. The Hall–Kier alpha value is -2.28. The Balaban J connectivity index is 1.43. The fraction of sp³-hybridized carbons (Fsp3) is 0.556. The zero-order valence-corrected chi connectivity index (χ0v) is 15.1. The normalized spacial score (nSPS) is 16.7. The summed E-state index contributed by atoms with van der Waals surface area (Å²) in [5.41, 5.74) is 1.07. The maximum absolute atomic E-state index is 12.0. The maximum atomic E-state index is 12.0. The van der Waals surface area contributed by atoms with Crippen LogP contribution in [0.4, 0.5) is 5.82 Å². The molecule has 1 atom stereocenters. The minimum Gasteiger partial charge on any atom is -0.312 e. The number of hydrogen-bond donors (Lipinski definition) is 2. The van der Waals surface area contributed by atoms with Crippen molar-refractivity contribution in [3.8, 4) is 0 Å². The Morgan fingerprint density at radius 3 is 2.96 bits per heavy atom. The molecule has 0 saturated heterocycles. The molecule has 0 aliphatic carbocycles. The second-order valence-electron chi connectivity index (χ2n) is 6.93. The predicted octanol–water partition coefficient (Wildman–Crippen LogP) is 2.04. The number of aromatic nitrogens is 4. The lowest BCUT2D eigenvalue weighted by molar-refractivity contribution is -0.116. The molecule has 0 radical (unpaired) electrons. The Morgan fingerprint density at radius 2 is 2.24 bits per heavy atom. The van der Waals surface area contributed by atoms with Crippen LogP contribution in [0.2, 0.25) is 0 Å². The van der Waals surface area contributed by atoms with Gasteiger partial charge in [0.2, 0.25) is 5.91 Å². The lowest BCUT2D eigenvalue weighted by Gasteiger charge is -2.23. The van der Waals surface area contributed by atoms with Crippen LogP contribution < -0.4 is 10.6 Å². The SMILES string of the molecule is Cc1ccc(NC(=O)CCNC2CCc3nc(C(C)C)nn3C2)nc1. The highest BCUT2D eigenvalue weighted by molar-refractivity contribution is 5.89. The lowest BCUT2D eigenvalue weighted by atomic mass is 10.1. The van der Waals surface area contributed by atoms with Gasteiger partial charge in [-0.2, -0.15) is 5.10 Å². The largest absolute Gasteiger partial charge is 0.312 e. The highest BCUT2D eigenvalue weighted by Gasteiger charge is 2.22. The van der Waals surface area contributed by atoms with E-state index in [2.05, 4.69) is 39.5 Å². The first kappa shape index (κ1) is 17.5. The topological polar surface area (TPSA) is 84.7 Å². The van der Waals surface area contributed by atoms with E-state index >= 15 is 0 Å². The van der Waals surface area contributed by atoms with Gasteiger partial charge in [0.25, 0.3) is 0 Å². The van der Waals surface area contributed by atoms with Gasteiger partial charge in [-0.05, 0) is 25.0 Å². The van der Waals surface area contributed by atoms with Crippen LogP contribution in [0.5, 0.6) is 0 Å². The standard InChI is InChI=1S/C18H26N6O/c1-12(2)18-22-16-7-5-14(11-24(16)23-18)19-9-8-17(25)21-15-6-4-13(3)10-20-15/h4,6,10,12,14,19H,5,7-9,11H2,1-3H3,(H,20,21,25). The van der Waals surface area contributed by atoms with Gasteiger partial charge in [-0.3, -0.25) is 4.79 Å². The number of amides is 1. The number of anilines is 1. The number of rotatable bonds is 6. The summed E-state index contributed by atoms with van der Waals surface area (Å²) >= 11 is 0. The number of pyridine rings is 1. The van der Waals surface area contributed by atoms with Gasteiger partial charge in [-0.25, -0.2) is 14.6 Å². The first-order valence-electron chi connectivity index (χ1n) is 8.91. The molecule has 3 rings (SSSR count). The molecule has 134 valence electrons. The number of aryl methyl sites for hydroxylation is 2. The number of hydrogen-bond acceptors (Lipinski definition) is 5. The van der Waals surface area contributed by atoms with Crippen LogP contribution in [0, 0.1) is 6.92 Å². The molecule has 0 fully saturated rings. The van der Waals surface area contributed by atoms with Gasteiger partial charge in [-0.1, -0.05) is 19.9 Å². The fourth-order valence-corrected chi connectivity index (χ4v) is 2.88. The van der Waals surface area contributed by atoms with Crippen molar-refractivity contribution >= 4 is 11.7 Å². The van der Waals surface area contributed by atoms with E-state index in [1.54, 1.807) is 6.20 Å². The van der Waals surface area contributed by atoms with Crippen LogP contribution in [-0.2, 0) is 17.8 Å². The van der Waals surface area contributed by atoms with E-state index in [1.165, 1.54) is 0 Å². The van der Waals surface area contributed by atoms with E-state index in [4.69, 9.17) is 0 Å². The molecule has 3 heterocycles. The van der Waals surface area contributed by atoms with Crippen molar-refractivity contribution in [3.63, 3.8) is 0 Å². The predicted molar refractivity (Wildman–Crippen MR) is 96.4 cm³/mol. The molecule has 1 unspecified atom stereocenters. The summed E-state index contributed by atoms with van der Waals surface area (Å²) in [4.78, 5) is 20.8. The average Bonchev–Trinajstić information content (AvgIpc) is 3.01. The third-order valence-corrected chi connectivity index (χ3v) is 4.35. The molecule has 0 spiro atoms. The quantitative estimate of drug-likeness (QED) is 0.839. The van der Waals surface area contributed by atoms with E-state index in [0.29, 0.717) is 30.7 Å². The van der Waals surface area contributed by atoms with Crippen LogP contribution in [-0.4, -0.2) is 38.2 Å². The Morgan fingerprint density at radius 1 is 1.40 bits per heavy atom. The van der Waals surface area contributed by atoms with Gasteiger partial charge in [0.15, 0.2) is 5.82 Å². The molecule has 0 aromatic carbocycles. The number of carbonyl (C=O) groups excluding carboxylic acids is 1. The summed E-state index contributed by atoms with van der Waals surface area (Å²) in [7, 11) is 0. The minimum absolute atomic E-state index is 0.0248. The monoisotopic (exact) mass is 342 g/mol. The van der Waals surface area contributed by atoms with Gasteiger partial charge < -0.3 is 10.6 Å². The zero-order chi connectivity index (χ0) is 17.8. The van der Waals surface area contributed by atoms with Crippen molar-refractivity contribution in [3.05, 3.63) is 35.5 Å². The summed E-state index contributed by atoms with van der Waals surface area (Å²) < 4.78 is 2.01. The van der Waals surface area contributed by atoms with Crippen LogP contribution in [0.3, 0.4) is 0 Å². The summed E-state index contributed by atoms with van der Waals surface area (Å²) in [6.07, 6.45) is 4.12. The zero-order valence-electron chi connectivity index (χ0n) is 15.1. The van der Waals surface area contributed by atoms with E-state index in [1.807, 2.05) is 23.7 Å². The molecule has 2 aromatic heterocycles. The van der Waals surface area contributed by atoms with Crippen LogP contribution in [0.25, 0.3) is 0 Å². The Bertz CT molecular complexity index is 722. The second-order valence-corrected chi connectivity index (χ2v) is 6.93. The minimum atomic E-state index is -0.0248. The van der Waals surface area contributed by atoms with Crippen molar-refractivity contribution in [1.82, 2.24) is 25.1 Å². The molecule has 7 nitrogen and oxygen atoms in total. The molecule has 2 N–H and O–H groups in total. The van der Waals surface area contributed by atoms with Crippen molar-refractivity contribution in [2.45, 2.75) is 58.5 Å². The average molecular weight is 342 g/mol. The first-order chi connectivity index (χ1) is 12.0. The van der Waals surface area contributed by atoms with E-state index in [-0.39, 0.29) is 5.91 Å². The molecular formula is C18H26N6O. The summed E-state index contributed by atoms with van der Waals surface area (Å²) in [6.45, 7) is 7.65. The fourth-order valence-electron chi connectivity index (χ4n) is 2.88. The third-order valence-electron chi connectivity index (χ3n) is 4.35. The van der Waals surface area contributed by atoms with Gasteiger partial charge >= 0.3 is 0 Å². The van der Waals surface area contributed by atoms with Gasteiger partial charge in [0.1, 0.15) is 11.6 Å². The molecule has 1 aliphatic heterocycles. The highest BCUT2D eigenvalue weighted by Crippen LogP contribution is 2.17. The smallest absolute Gasteiger partial charge is 0.226 e. The summed E-state index contributed by atoms with van der Waals surface area (Å²) in [5.74, 6) is 2.92. The summed E-state index contributed by atoms with van der Waals surface area (Å²) in [5, 5.41) is 10.9. The molecular weight excluding hydrogens is 316 g/mol. The molecule has 0 bridgehead atoms. The van der Waals surface area contributed by atoms with Crippen LogP contribution in [0.15, 0.2) is 18.3 Å². The Labute approximate surface area is 148 Å².